The maximum atomic E-state index is 14.5. The van der Waals surface area contributed by atoms with Crippen molar-refractivity contribution in [3.05, 3.63) is 77.2 Å². The monoisotopic (exact) mass is 599 g/mol. The topological polar surface area (TPSA) is 113 Å². The maximum Gasteiger partial charge on any atom is 0.424 e. The minimum absolute atomic E-state index is 0.0176. The molecule has 0 fully saturated rings. The van der Waals surface area contributed by atoms with Gasteiger partial charge in [0.05, 0.1) is 36.7 Å². The number of benzene rings is 2. The zero-order valence-electron chi connectivity index (χ0n) is 22.6. The van der Waals surface area contributed by atoms with Crippen molar-refractivity contribution in [1.82, 2.24) is 15.1 Å². The predicted molar refractivity (Wildman–Crippen MR) is 144 cm³/mol. The molecule has 41 heavy (non-hydrogen) atoms. The molecule has 0 saturated carbocycles. The number of nitrogens with zero attached hydrogens (tertiary/aromatic N) is 1. The fourth-order valence-electron chi connectivity index (χ4n) is 3.71. The van der Waals surface area contributed by atoms with Crippen LogP contribution < -0.4 is 19.6 Å². The molecule has 4 N–H and O–H groups in total. The summed E-state index contributed by atoms with van der Waals surface area (Å²) >= 11 is 5.85. The zero-order chi connectivity index (χ0) is 30.6. The fourth-order valence-corrected chi connectivity index (χ4v) is 3.82. The first kappa shape index (κ1) is 32.1. The molecule has 13 heteroatoms. The van der Waals surface area contributed by atoms with Gasteiger partial charge in [-0.1, -0.05) is 0 Å². The minimum Gasteiger partial charge on any atom is -0.493 e. The Balaban J connectivity index is 2.00. The first-order chi connectivity index (χ1) is 19.1. The summed E-state index contributed by atoms with van der Waals surface area (Å²) in [5.74, 6) is -1.17. The Morgan fingerprint density at radius 3 is 2.29 bits per heavy atom. The third-order valence-corrected chi connectivity index (χ3v) is 6.70. The molecule has 0 radical (unpaired) electrons. The summed E-state index contributed by atoms with van der Waals surface area (Å²) in [6.45, 7) is 3.37. The van der Waals surface area contributed by atoms with Crippen LogP contribution in [0.5, 0.6) is 11.5 Å². The lowest BCUT2D eigenvalue weighted by molar-refractivity contribution is -0.265. The van der Waals surface area contributed by atoms with Gasteiger partial charge in [-0.2, -0.15) is 13.2 Å². The van der Waals surface area contributed by atoms with Crippen LogP contribution in [0, 0.1) is 5.82 Å². The van der Waals surface area contributed by atoms with Crippen LogP contribution in [-0.4, -0.2) is 53.6 Å². The molecule has 3 rings (SSSR count). The quantitative estimate of drug-likeness (QED) is 0.185. The van der Waals surface area contributed by atoms with Crippen molar-refractivity contribution in [1.29, 1.82) is 0 Å². The number of aliphatic hydroxyl groups excluding tert-OH is 1. The Labute approximate surface area is 239 Å². The van der Waals surface area contributed by atoms with Crippen molar-refractivity contribution in [2.45, 2.75) is 44.2 Å². The molecule has 222 valence electrons. The Morgan fingerprint density at radius 1 is 1.07 bits per heavy atom. The lowest BCUT2D eigenvalue weighted by atomic mass is 9.89. The molecule has 0 bridgehead atoms. The molecule has 3 aromatic rings. The van der Waals surface area contributed by atoms with E-state index in [2.05, 4.69) is 15.1 Å². The highest BCUT2D eigenvalue weighted by Gasteiger charge is 2.56. The van der Waals surface area contributed by atoms with Gasteiger partial charge in [0.15, 0.2) is 11.5 Å². The van der Waals surface area contributed by atoms with Gasteiger partial charge in [-0.05, 0) is 92.7 Å². The Kier molecular flexibility index (Phi) is 9.85. The van der Waals surface area contributed by atoms with Gasteiger partial charge < -0.3 is 25.0 Å². The third kappa shape index (κ3) is 7.45. The van der Waals surface area contributed by atoms with Gasteiger partial charge >= 0.3 is 6.18 Å². The van der Waals surface area contributed by atoms with Crippen LogP contribution in [0.15, 0.2) is 54.6 Å². The third-order valence-electron chi connectivity index (χ3n) is 6.23. The number of rotatable bonds is 11. The predicted octanol–water partition coefficient (Wildman–Crippen LogP) is 4.81. The van der Waals surface area contributed by atoms with Crippen molar-refractivity contribution in [3.63, 3.8) is 0 Å². The molecule has 0 aliphatic rings. The van der Waals surface area contributed by atoms with Gasteiger partial charge in [-0.25, -0.2) is 14.2 Å². The van der Waals surface area contributed by atoms with Crippen LogP contribution in [0.3, 0.4) is 0 Å². The van der Waals surface area contributed by atoms with E-state index >= 15 is 0 Å². The number of methoxy groups -OCH3 is 1. The summed E-state index contributed by atoms with van der Waals surface area (Å²) in [6, 6.07) is 11.3. The molecule has 2 aromatic carbocycles. The van der Waals surface area contributed by atoms with Crippen LogP contribution in [-0.2, 0) is 11.1 Å². The number of amides is 1. The Bertz CT molecular complexity index is 1370. The number of carbonyl (C=O) groups excluding carboxylic acids is 1. The fraction of sp³-hybridized carbons (Fsp3) is 0.357. The molecule has 0 spiro atoms. The number of aromatic nitrogens is 1. The summed E-state index contributed by atoms with van der Waals surface area (Å²) < 4.78 is 67.5. The normalized spacial score (nSPS) is 14.2. The molecule has 0 aliphatic heterocycles. The lowest BCUT2D eigenvalue weighted by Crippen LogP contribution is -2.51. The van der Waals surface area contributed by atoms with Gasteiger partial charge in [0, 0.05) is 11.1 Å². The number of carbonyl (C=O) groups is 1. The number of alkyl halides is 3. The molecule has 0 saturated heterocycles. The summed E-state index contributed by atoms with van der Waals surface area (Å²) in [4.78, 5) is 19.4. The van der Waals surface area contributed by atoms with Crippen molar-refractivity contribution in [2.24, 2.45) is 0 Å². The summed E-state index contributed by atoms with van der Waals surface area (Å²) in [5.41, 5.74) is -5.03. The van der Waals surface area contributed by atoms with Crippen molar-refractivity contribution in [2.75, 3.05) is 20.3 Å². The molecular formula is C28H30ClF4N3O5. The zero-order valence-corrected chi connectivity index (χ0v) is 23.4. The molecule has 1 amide bonds. The van der Waals surface area contributed by atoms with Crippen LogP contribution in [0.25, 0.3) is 11.3 Å². The van der Waals surface area contributed by atoms with Crippen molar-refractivity contribution in [3.8, 4) is 22.8 Å². The second-order valence-corrected chi connectivity index (χ2v) is 10.1. The molecular weight excluding hydrogens is 570 g/mol. The number of pyridine rings is 1. The van der Waals surface area contributed by atoms with E-state index in [1.165, 1.54) is 50.4 Å². The van der Waals surface area contributed by atoms with E-state index in [0.29, 0.717) is 5.56 Å². The highest BCUT2D eigenvalue weighted by Crippen LogP contribution is 2.40. The highest BCUT2D eigenvalue weighted by molar-refractivity contribution is 6.13. The first-order valence-corrected chi connectivity index (χ1v) is 12.7. The first-order valence-electron chi connectivity index (χ1n) is 12.3. The molecule has 1 heterocycles. The van der Waals surface area contributed by atoms with Gasteiger partial charge in [0.2, 0.25) is 5.60 Å². The molecule has 0 aliphatic carbocycles. The number of hydrogen-bond donors (Lipinski definition) is 4. The van der Waals surface area contributed by atoms with Gasteiger partial charge in [0.1, 0.15) is 12.4 Å². The Morgan fingerprint density at radius 2 is 1.73 bits per heavy atom. The van der Waals surface area contributed by atoms with E-state index in [4.69, 9.17) is 21.3 Å². The van der Waals surface area contributed by atoms with E-state index in [1.54, 1.807) is 13.8 Å². The number of nitrogens with one attached hydrogen (secondary N) is 2. The van der Waals surface area contributed by atoms with E-state index in [9.17, 15) is 32.6 Å². The number of halogens is 5. The van der Waals surface area contributed by atoms with Crippen molar-refractivity contribution >= 4 is 17.7 Å². The van der Waals surface area contributed by atoms with Crippen LogP contribution >= 0.6 is 11.8 Å². The smallest absolute Gasteiger partial charge is 0.424 e. The van der Waals surface area contributed by atoms with Crippen LogP contribution in [0.4, 0.5) is 17.6 Å². The minimum atomic E-state index is -5.28. The Hall–Kier alpha value is -3.45. The van der Waals surface area contributed by atoms with Gasteiger partial charge in [-0.15, -0.1) is 0 Å². The second-order valence-electron chi connectivity index (χ2n) is 9.92. The van der Waals surface area contributed by atoms with E-state index in [1.807, 2.05) is 0 Å². The number of hydrogen-bond acceptors (Lipinski definition) is 7. The highest BCUT2D eigenvalue weighted by atomic mass is 35.5. The summed E-state index contributed by atoms with van der Waals surface area (Å²) in [7, 11) is 1.31. The van der Waals surface area contributed by atoms with Crippen LogP contribution in [0.1, 0.15) is 42.4 Å². The second kappa shape index (κ2) is 12.6. The number of aliphatic hydroxyl groups is 2. The molecule has 1 aromatic heterocycles. The molecule has 8 nitrogen and oxygen atoms in total. The van der Waals surface area contributed by atoms with E-state index in [-0.39, 0.29) is 34.9 Å². The SMILES string of the molecule is COc1cc(C(=O)NC[C@](O)(c2cc(C(C)(C)NCl)cc(-c3ccc(F)cc3)n2)C(F)(F)F)ccc1OC[C@@H](C)O. The van der Waals surface area contributed by atoms with E-state index < -0.39 is 47.4 Å². The maximum absolute atomic E-state index is 14.5. The molecule has 0 unspecified atom stereocenters. The standard InChI is InChI=1S/C28H30ClF4N3O5/c1-16(37)14-41-22-10-7-18(11-23(22)40-4)25(38)34-15-27(39,28(31,32)33)24-13-19(26(2,3)36-29)12-21(35-24)17-5-8-20(30)9-6-17/h5-13,16,36-37,39H,14-15H2,1-4H3,(H,34,38)/t16-,27+/m1/s1. The average molecular weight is 600 g/mol. The molecule has 2 atom stereocenters. The number of ether oxygens (including phenoxy) is 2. The van der Waals surface area contributed by atoms with Crippen LogP contribution in [0.2, 0.25) is 0 Å². The largest absolute Gasteiger partial charge is 0.493 e. The lowest BCUT2D eigenvalue weighted by Gasteiger charge is -2.32. The summed E-state index contributed by atoms with van der Waals surface area (Å²) in [5, 5.41) is 22.6. The average Bonchev–Trinajstić information content (AvgIpc) is 2.93. The van der Waals surface area contributed by atoms with Crippen molar-refractivity contribution < 1.29 is 42.0 Å². The van der Waals surface area contributed by atoms with Gasteiger partial charge in [0.25, 0.3) is 5.91 Å². The van der Waals surface area contributed by atoms with Gasteiger partial charge in [-0.3, -0.25) is 4.79 Å². The van der Waals surface area contributed by atoms with E-state index in [0.717, 1.165) is 18.2 Å². The summed E-state index contributed by atoms with van der Waals surface area (Å²) in [6.07, 6.45) is -6.05.